The van der Waals surface area contributed by atoms with Crippen LogP contribution < -0.4 is 0 Å². The summed E-state index contributed by atoms with van der Waals surface area (Å²) in [5, 5.41) is 0. The first-order valence-electron chi connectivity index (χ1n) is 7.73. The minimum absolute atomic E-state index is 0.680. The van der Waals surface area contributed by atoms with E-state index in [-0.39, 0.29) is 0 Å². The Morgan fingerprint density at radius 2 is 1.74 bits per heavy atom. The van der Waals surface area contributed by atoms with Gasteiger partial charge in [-0.05, 0) is 23.2 Å². The quantitative estimate of drug-likeness (QED) is 0.437. The minimum atomic E-state index is -1.64. The summed E-state index contributed by atoms with van der Waals surface area (Å²) in [5.74, 6) is 0. The van der Waals surface area contributed by atoms with Crippen LogP contribution in [-0.4, -0.2) is 15.4 Å². The predicted molar refractivity (Wildman–Crippen MR) is 87.0 cm³/mol. The highest BCUT2D eigenvalue weighted by atomic mass is 28.4. The van der Waals surface area contributed by atoms with Crippen LogP contribution in [0.1, 0.15) is 52.0 Å². The number of rotatable bonds is 9. The zero-order valence-electron chi connectivity index (χ0n) is 13.1. The third-order valence-electron chi connectivity index (χ3n) is 4.26. The summed E-state index contributed by atoms with van der Waals surface area (Å²) in [6, 6.07) is 13.3. The maximum absolute atomic E-state index is 6.12. The Morgan fingerprint density at radius 1 is 1.05 bits per heavy atom. The Kier molecular flexibility index (Phi) is 7.40. The van der Waals surface area contributed by atoms with E-state index in [4.69, 9.17) is 4.43 Å². The van der Waals surface area contributed by atoms with Crippen molar-refractivity contribution in [3.63, 3.8) is 0 Å². The smallest absolute Gasteiger partial charge is 0.199 e. The molecule has 0 spiro atoms. The molecule has 1 nitrogen and oxygen atoms in total. The zero-order valence-corrected chi connectivity index (χ0v) is 14.1. The summed E-state index contributed by atoms with van der Waals surface area (Å²) in [4.78, 5) is 0. The largest absolute Gasteiger partial charge is 0.419 e. The average molecular weight is 279 g/mol. The fraction of sp³-hybridized carbons (Fsp3) is 0.647. The Morgan fingerprint density at radius 3 is 2.26 bits per heavy atom. The molecular formula is C17H30OSi. The van der Waals surface area contributed by atoms with Crippen molar-refractivity contribution in [2.75, 3.05) is 7.11 Å². The normalized spacial score (nSPS) is 14.6. The molecule has 0 fully saturated rings. The molecule has 0 radical (unpaired) electrons. The minimum Gasteiger partial charge on any atom is -0.419 e. The standard InChI is InChI=1S/C17H30OSi/c1-5-6-7-11-14-19(18-4,16(2)3)15-17-12-9-8-10-13-17/h8-10,12-13,16H,5-7,11,14-15H2,1-4H3. The van der Waals surface area contributed by atoms with Gasteiger partial charge in [0.25, 0.3) is 0 Å². The van der Waals surface area contributed by atoms with Crippen molar-refractivity contribution in [3.8, 4) is 0 Å². The molecule has 1 aromatic rings. The van der Waals surface area contributed by atoms with E-state index in [1.807, 2.05) is 7.11 Å². The first-order chi connectivity index (χ1) is 9.14. The molecular weight excluding hydrogens is 248 g/mol. The highest BCUT2D eigenvalue weighted by molar-refractivity contribution is 6.74. The molecule has 2 heteroatoms. The van der Waals surface area contributed by atoms with Gasteiger partial charge in [0.05, 0.1) is 0 Å². The second-order valence-corrected chi connectivity index (χ2v) is 10.4. The highest BCUT2D eigenvalue weighted by Crippen LogP contribution is 2.31. The highest BCUT2D eigenvalue weighted by Gasteiger charge is 2.37. The molecule has 0 aliphatic carbocycles. The van der Waals surface area contributed by atoms with Crippen LogP contribution in [0.5, 0.6) is 0 Å². The Labute approximate surface area is 120 Å². The van der Waals surface area contributed by atoms with Crippen LogP contribution >= 0.6 is 0 Å². The molecule has 0 aliphatic rings. The van der Waals surface area contributed by atoms with Crippen LogP contribution in [-0.2, 0) is 10.5 Å². The predicted octanol–water partition coefficient (Wildman–Crippen LogP) is 5.35. The number of hydrogen-bond acceptors (Lipinski definition) is 1. The van der Waals surface area contributed by atoms with Gasteiger partial charge in [0, 0.05) is 7.11 Å². The van der Waals surface area contributed by atoms with Gasteiger partial charge in [0.2, 0.25) is 0 Å². The van der Waals surface area contributed by atoms with Gasteiger partial charge in [-0.2, -0.15) is 0 Å². The third-order valence-corrected chi connectivity index (χ3v) is 9.38. The van der Waals surface area contributed by atoms with Gasteiger partial charge < -0.3 is 4.43 Å². The van der Waals surface area contributed by atoms with Crippen molar-refractivity contribution in [2.24, 2.45) is 0 Å². The van der Waals surface area contributed by atoms with E-state index < -0.39 is 8.32 Å². The van der Waals surface area contributed by atoms with E-state index in [2.05, 4.69) is 51.1 Å². The first-order valence-corrected chi connectivity index (χ1v) is 10.1. The van der Waals surface area contributed by atoms with Gasteiger partial charge in [-0.3, -0.25) is 0 Å². The molecule has 0 N–H and O–H groups in total. The van der Waals surface area contributed by atoms with Crippen LogP contribution in [0.2, 0.25) is 11.6 Å². The molecule has 0 bridgehead atoms. The van der Waals surface area contributed by atoms with Crippen molar-refractivity contribution in [1.82, 2.24) is 0 Å². The Balaban J connectivity index is 2.69. The third kappa shape index (κ3) is 5.11. The lowest BCUT2D eigenvalue weighted by molar-refractivity contribution is 0.376. The zero-order chi connectivity index (χ0) is 14.1. The van der Waals surface area contributed by atoms with E-state index in [1.54, 1.807) is 0 Å². The molecule has 0 heterocycles. The number of unbranched alkanes of at least 4 members (excludes halogenated alkanes) is 3. The molecule has 0 saturated carbocycles. The van der Waals surface area contributed by atoms with Gasteiger partial charge in [0.15, 0.2) is 8.32 Å². The van der Waals surface area contributed by atoms with Crippen molar-refractivity contribution < 1.29 is 4.43 Å². The summed E-state index contributed by atoms with van der Waals surface area (Å²) in [7, 11) is 0.302. The average Bonchev–Trinajstić information content (AvgIpc) is 2.43. The summed E-state index contributed by atoms with van der Waals surface area (Å²) in [5.41, 5.74) is 2.12. The van der Waals surface area contributed by atoms with Gasteiger partial charge in [0.1, 0.15) is 0 Å². The molecule has 1 aromatic carbocycles. The topological polar surface area (TPSA) is 9.23 Å². The number of benzene rings is 1. The molecule has 1 atom stereocenters. The molecule has 0 aromatic heterocycles. The summed E-state index contributed by atoms with van der Waals surface area (Å²) in [6.45, 7) is 6.96. The summed E-state index contributed by atoms with van der Waals surface area (Å²) < 4.78 is 6.12. The van der Waals surface area contributed by atoms with Gasteiger partial charge >= 0.3 is 0 Å². The monoisotopic (exact) mass is 278 g/mol. The first kappa shape index (κ1) is 16.5. The summed E-state index contributed by atoms with van der Waals surface area (Å²) in [6.07, 6.45) is 5.36. The molecule has 1 unspecified atom stereocenters. The van der Waals surface area contributed by atoms with E-state index in [1.165, 1.54) is 37.3 Å². The lowest BCUT2D eigenvalue weighted by atomic mass is 10.2. The van der Waals surface area contributed by atoms with Crippen molar-refractivity contribution in [2.45, 2.75) is 64.1 Å². The Hall–Kier alpha value is -0.603. The van der Waals surface area contributed by atoms with Crippen LogP contribution in [0.3, 0.4) is 0 Å². The molecule has 0 saturated heterocycles. The Bertz CT molecular complexity index is 336. The second kappa shape index (κ2) is 8.54. The fourth-order valence-electron chi connectivity index (χ4n) is 2.78. The van der Waals surface area contributed by atoms with Crippen molar-refractivity contribution >= 4 is 8.32 Å². The molecule has 19 heavy (non-hydrogen) atoms. The van der Waals surface area contributed by atoms with Crippen LogP contribution in [0.25, 0.3) is 0 Å². The van der Waals surface area contributed by atoms with Crippen LogP contribution in [0, 0.1) is 0 Å². The lowest BCUT2D eigenvalue weighted by Gasteiger charge is -2.34. The van der Waals surface area contributed by atoms with E-state index >= 15 is 0 Å². The van der Waals surface area contributed by atoms with Crippen molar-refractivity contribution in [3.05, 3.63) is 35.9 Å². The van der Waals surface area contributed by atoms with Crippen molar-refractivity contribution in [1.29, 1.82) is 0 Å². The molecule has 108 valence electrons. The fourth-order valence-corrected chi connectivity index (χ4v) is 6.54. The molecule has 1 rings (SSSR count). The second-order valence-electron chi connectivity index (χ2n) is 5.90. The van der Waals surface area contributed by atoms with Gasteiger partial charge in [-0.25, -0.2) is 0 Å². The maximum Gasteiger partial charge on any atom is 0.199 e. The van der Waals surface area contributed by atoms with E-state index in [0.717, 1.165) is 6.04 Å². The summed E-state index contributed by atoms with van der Waals surface area (Å²) >= 11 is 0. The molecule has 0 aliphatic heterocycles. The van der Waals surface area contributed by atoms with E-state index in [0.29, 0.717) is 5.54 Å². The molecule has 0 amide bonds. The van der Waals surface area contributed by atoms with Crippen LogP contribution in [0.15, 0.2) is 30.3 Å². The number of hydrogen-bond donors (Lipinski definition) is 0. The van der Waals surface area contributed by atoms with E-state index in [9.17, 15) is 0 Å². The van der Waals surface area contributed by atoms with Gasteiger partial charge in [-0.1, -0.05) is 76.8 Å². The van der Waals surface area contributed by atoms with Gasteiger partial charge in [-0.15, -0.1) is 0 Å². The lowest BCUT2D eigenvalue weighted by Crippen LogP contribution is -2.43. The SMILES string of the molecule is CCCCCC[Si](Cc1ccccc1)(OC)C(C)C. The van der Waals surface area contributed by atoms with Crippen LogP contribution in [0.4, 0.5) is 0 Å². The maximum atomic E-state index is 6.12.